The zero-order valence-corrected chi connectivity index (χ0v) is 32.1. The Labute approximate surface area is 308 Å². The molecule has 50 heavy (non-hydrogen) atoms. The molecule has 282 valence electrons. The summed E-state index contributed by atoms with van der Waals surface area (Å²) in [4.78, 5) is 12.3. The third-order valence-corrected chi connectivity index (χ3v) is 8.24. The van der Waals surface area contributed by atoms with Crippen molar-refractivity contribution in [2.45, 2.75) is 167 Å². The molecule has 3 N–H and O–H groups in total. The predicted octanol–water partition coefficient (Wildman–Crippen LogP) is 12.5. The van der Waals surface area contributed by atoms with Crippen LogP contribution in [0.4, 0.5) is 0 Å². The molecule has 0 heterocycles. The Morgan fingerprint density at radius 3 is 1.40 bits per heavy atom. The molecule has 0 aliphatic rings. The van der Waals surface area contributed by atoms with Gasteiger partial charge in [0.1, 0.15) is 0 Å². The molecule has 0 rings (SSSR count). The highest BCUT2D eigenvalue weighted by atomic mass is 16.3. The molecule has 4 nitrogen and oxygen atoms in total. The van der Waals surface area contributed by atoms with Gasteiger partial charge in [-0.2, -0.15) is 0 Å². The summed E-state index contributed by atoms with van der Waals surface area (Å²) < 4.78 is 0. The summed E-state index contributed by atoms with van der Waals surface area (Å²) in [7, 11) is 0. The Morgan fingerprint density at radius 1 is 0.500 bits per heavy atom. The zero-order chi connectivity index (χ0) is 36.4. The summed E-state index contributed by atoms with van der Waals surface area (Å²) in [6, 6.07) is -0.655. The maximum absolute atomic E-state index is 12.3. The lowest BCUT2D eigenvalue weighted by Crippen LogP contribution is -2.45. The van der Waals surface area contributed by atoms with Crippen molar-refractivity contribution in [2.75, 3.05) is 6.61 Å². The Kier molecular flexibility index (Phi) is 38.1. The highest BCUT2D eigenvalue weighted by Crippen LogP contribution is 2.09. The van der Waals surface area contributed by atoms with E-state index in [4.69, 9.17) is 0 Å². The Morgan fingerprint density at radius 2 is 0.900 bits per heavy atom. The lowest BCUT2D eigenvalue weighted by Gasteiger charge is -2.19. The van der Waals surface area contributed by atoms with Gasteiger partial charge in [-0.15, -0.1) is 0 Å². The summed E-state index contributed by atoms with van der Waals surface area (Å²) in [5.74, 6) is -0.101. The van der Waals surface area contributed by atoms with Crippen molar-refractivity contribution in [2.24, 2.45) is 0 Å². The number of carbonyl (C=O) groups is 1. The summed E-state index contributed by atoms with van der Waals surface area (Å²) in [5.41, 5.74) is 0. The smallest absolute Gasteiger partial charge is 0.220 e. The number of aliphatic hydroxyl groups excluding tert-OH is 2. The molecule has 0 aromatic rings. The second kappa shape index (κ2) is 40.5. The van der Waals surface area contributed by atoms with E-state index in [9.17, 15) is 15.0 Å². The average Bonchev–Trinajstić information content (AvgIpc) is 3.12. The molecule has 0 aromatic heterocycles. The van der Waals surface area contributed by atoms with E-state index in [0.717, 1.165) is 89.9 Å². The van der Waals surface area contributed by atoms with Gasteiger partial charge < -0.3 is 15.5 Å². The molecule has 0 saturated carbocycles. The van der Waals surface area contributed by atoms with Gasteiger partial charge in [0.15, 0.2) is 0 Å². The molecule has 0 aromatic carbocycles. The van der Waals surface area contributed by atoms with Gasteiger partial charge in [0.2, 0.25) is 5.91 Å². The van der Waals surface area contributed by atoms with Crippen LogP contribution in [-0.4, -0.2) is 34.9 Å². The fraction of sp³-hybridized carbons (Fsp3) is 0.587. The SMILES string of the molecule is CC/C=C\C/C=C\C/C=C\C/C=C\C/C=C\C/C=C\C/C=C\CCCCCCCC(=O)NC(CO)C(O)/C=C/CC/C=C/CCCCCCC. The quantitative estimate of drug-likeness (QED) is 0.0465. The lowest BCUT2D eigenvalue weighted by atomic mass is 10.1. The van der Waals surface area contributed by atoms with Crippen LogP contribution in [0.5, 0.6) is 0 Å². The van der Waals surface area contributed by atoms with Crippen LogP contribution >= 0.6 is 0 Å². The van der Waals surface area contributed by atoms with E-state index in [1.54, 1.807) is 6.08 Å². The molecule has 2 atom stereocenters. The first kappa shape index (κ1) is 47.0. The van der Waals surface area contributed by atoms with Crippen molar-refractivity contribution in [3.63, 3.8) is 0 Å². The van der Waals surface area contributed by atoms with Crippen molar-refractivity contribution >= 4 is 5.91 Å². The molecule has 4 heteroatoms. The van der Waals surface area contributed by atoms with E-state index in [1.807, 2.05) is 6.08 Å². The van der Waals surface area contributed by atoms with Gasteiger partial charge >= 0.3 is 0 Å². The number of aliphatic hydroxyl groups is 2. The van der Waals surface area contributed by atoms with E-state index < -0.39 is 12.1 Å². The van der Waals surface area contributed by atoms with Crippen molar-refractivity contribution in [1.29, 1.82) is 0 Å². The van der Waals surface area contributed by atoms with Crippen LogP contribution in [-0.2, 0) is 4.79 Å². The first-order valence-electron chi connectivity index (χ1n) is 20.1. The molecule has 2 unspecified atom stereocenters. The highest BCUT2D eigenvalue weighted by molar-refractivity contribution is 5.76. The van der Waals surface area contributed by atoms with Gasteiger partial charge in [-0.25, -0.2) is 0 Å². The molecule has 0 aliphatic carbocycles. The first-order valence-corrected chi connectivity index (χ1v) is 20.1. The minimum absolute atomic E-state index is 0.101. The molecule has 0 saturated heterocycles. The first-order chi connectivity index (χ1) is 24.7. The fourth-order valence-electron chi connectivity index (χ4n) is 5.17. The molecule has 1 amide bonds. The van der Waals surface area contributed by atoms with Crippen LogP contribution in [0.1, 0.15) is 155 Å². The van der Waals surface area contributed by atoms with Crippen LogP contribution < -0.4 is 5.32 Å². The molecular weight excluding hydrogens is 615 g/mol. The summed E-state index contributed by atoms with van der Waals surface area (Å²) in [5, 5.41) is 22.8. The topological polar surface area (TPSA) is 69.6 Å². The molecule has 0 aliphatic heterocycles. The van der Waals surface area contributed by atoms with E-state index in [1.165, 1.54) is 44.9 Å². The van der Waals surface area contributed by atoms with Crippen LogP contribution in [0.3, 0.4) is 0 Å². The maximum Gasteiger partial charge on any atom is 0.220 e. The van der Waals surface area contributed by atoms with Gasteiger partial charge in [-0.05, 0) is 89.9 Å². The minimum atomic E-state index is -0.876. The number of amides is 1. The number of hydrogen-bond donors (Lipinski definition) is 3. The Hall–Kier alpha value is -2.95. The molecule has 0 bridgehead atoms. The van der Waals surface area contributed by atoms with Crippen LogP contribution in [0, 0.1) is 0 Å². The predicted molar refractivity (Wildman–Crippen MR) is 220 cm³/mol. The second-order valence-electron chi connectivity index (χ2n) is 13.0. The summed E-state index contributed by atoms with van der Waals surface area (Å²) in [6.45, 7) is 4.12. The lowest BCUT2D eigenvalue weighted by molar-refractivity contribution is -0.123. The number of hydrogen-bond acceptors (Lipinski definition) is 3. The standard InChI is InChI=1S/C46H75NO3/c1-3-5-7-9-11-13-15-16-17-18-19-20-21-22-23-24-25-26-27-28-29-30-32-34-36-38-40-42-46(50)47-44(43-48)45(49)41-39-37-35-33-31-14-12-10-8-6-4-2/h5,7,11,13,16-17,19-20,22-23,25-26,28-29,31,33,39,41,44-45,48-49H,3-4,6,8-10,12,14-15,18,21,24,27,30,32,34-38,40,42-43H2,1-2H3,(H,47,50)/b7-5-,13-11-,17-16-,20-19-,23-22-,26-25-,29-28-,33-31+,41-39+. The molecule has 0 fully saturated rings. The van der Waals surface area contributed by atoms with Gasteiger partial charge in [-0.1, -0.05) is 168 Å². The number of rotatable bonds is 34. The van der Waals surface area contributed by atoms with Crippen molar-refractivity contribution < 1.29 is 15.0 Å². The van der Waals surface area contributed by atoms with Crippen molar-refractivity contribution in [3.05, 3.63) is 109 Å². The van der Waals surface area contributed by atoms with Gasteiger partial charge in [-0.3, -0.25) is 4.79 Å². The number of nitrogens with one attached hydrogen (secondary N) is 1. The third-order valence-electron chi connectivity index (χ3n) is 8.24. The van der Waals surface area contributed by atoms with Crippen molar-refractivity contribution in [3.8, 4) is 0 Å². The monoisotopic (exact) mass is 690 g/mol. The number of allylic oxidation sites excluding steroid dienone is 17. The van der Waals surface area contributed by atoms with Crippen LogP contribution in [0.2, 0.25) is 0 Å². The molecular formula is C46H75NO3. The van der Waals surface area contributed by atoms with Gasteiger partial charge in [0.05, 0.1) is 18.8 Å². The van der Waals surface area contributed by atoms with E-state index in [2.05, 4.69) is 116 Å². The zero-order valence-electron chi connectivity index (χ0n) is 32.1. The van der Waals surface area contributed by atoms with Crippen molar-refractivity contribution in [1.82, 2.24) is 5.32 Å². The van der Waals surface area contributed by atoms with Crippen LogP contribution in [0.15, 0.2) is 109 Å². The molecule has 0 spiro atoms. The van der Waals surface area contributed by atoms with E-state index in [0.29, 0.717) is 6.42 Å². The maximum atomic E-state index is 12.3. The minimum Gasteiger partial charge on any atom is -0.394 e. The summed E-state index contributed by atoms with van der Waals surface area (Å²) in [6.07, 6.45) is 61.8. The number of unbranched alkanes of at least 4 members (excludes halogenated alkanes) is 11. The van der Waals surface area contributed by atoms with E-state index in [-0.39, 0.29) is 12.5 Å². The fourth-order valence-corrected chi connectivity index (χ4v) is 5.17. The summed E-state index contributed by atoms with van der Waals surface area (Å²) >= 11 is 0. The Balaban J connectivity index is 3.74. The van der Waals surface area contributed by atoms with E-state index >= 15 is 0 Å². The highest BCUT2D eigenvalue weighted by Gasteiger charge is 2.17. The average molecular weight is 690 g/mol. The second-order valence-corrected chi connectivity index (χ2v) is 13.0. The van der Waals surface area contributed by atoms with Crippen LogP contribution in [0.25, 0.3) is 0 Å². The Bertz CT molecular complexity index is 1010. The number of carbonyl (C=O) groups excluding carboxylic acids is 1. The normalized spacial score (nSPS) is 14.2. The van der Waals surface area contributed by atoms with Gasteiger partial charge in [0.25, 0.3) is 0 Å². The third kappa shape index (κ3) is 36.3. The van der Waals surface area contributed by atoms with Gasteiger partial charge in [0, 0.05) is 6.42 Å². The largest absolute Gasteiger partial charge is 0.394 e. The molecule has 0 radical (unpaired) electrons.